The Morgan fingerprint density at radius 2 is 1.36 bits per heavy atom. The highest BCUT2D eigenvalue weighted by molar-refractivity contribution is 9.09. The Bertz CT molecular complexity index is 124. The van der Waals surface area contributed by atoms with Gasteiger partial charge in [-0.15, -0.1) is 0 Å². The first-order valence-electron chi connectivity index (χ1n) is 3.32. The molecule has 0 atom stereocenters. The molecule has 0 nitrogen and oxygen atoms in total. The van der Waals surface area contributed by atoms with Crippen LogP contribution < -0.4 is 0 Å². The van der Waals surface area contributed by atoms with E-state index >= 15 is 0 Å². The second kappa shape index (κ2) is 7.19. The molecule has 0 N–H and O–H groups in total. The first-order chi connectivity index (χ1) is 5.13. The standard InChI is InChI=1S/C8H14S3/c1-7(2)5-9-11-10-6-8(3)4/h1,3,5-6H2,2,4H3. The smallest absolute Gasteiger partial charge is 0.0250 e. The molecule has 0 aromatic carbocycles. The van der Waals surface area contributed by atoms with Gasteiger partial charge in [0.25, 0.3) is 0 Å². The number of hydrogen-bond acceptors (Lipinski definition) is 3. The normalized spacial score (nSPS) is 9.64. The van der Waals surface area contributed by atoms with Crippen LogP contribution in [-0.2, 0) is 0 Å². The summed E-state index contributed by atoms with van der Waals surface area (Å²) in [5.41, 5.74) is 2.47. The summed E-state index contributed by atoms with van der Waals surface area (Å²) in [5, 5.41) is 0. The summed E-state index contributed by atoms with van der Waals surface area (Å²) >= 11 is 0. The van der Waals surface area contributed by atoms with E-state index in [0.29, 0.717) is 0 Å². The van der Waals surface area contributed by atoms with Crippen molar-refractivity contribution in [3.8, 4) is 0 Å². The Balaban J connectivity index is 3.03. The maximum absolute atomic E-state index is 3.83. The van der Waals surface area contributed by atoms with E-state index in [1.165, 1.54) is 11.1 Å². The van der Waals surface area contributed by atoms with Gasteiger partial charge in [-0.25, -0.2) is 0 Å². The van der Waals surface area contributed by atoms with Gasteiger partial charge in [-0.05, 0) is 23.7 Å². The van der Waals surface area contributed by atoms with Crippen LogP contribution in [0.4, 0.5) is 0 Å². The maximum Gasteiger partial charge on any atom is 0.0250 e. The predicted molar refractivity (Wildman–Crippen MR) is 62.1 cm³/mol. The molecule has 0 aliphatic rings. The highest BCUT2D eigenvalue weighted by Gasteiger charge is 1.91. The molecule has 0 bridgehead atoms. The van der Waals surface area contributed by atoms with Gasteiger partial charge in [0.15, 0.2) is 0 Å². The molecule has 0 spiro atoms. The van der Waals surface area contributed by atoms with Gasteiger partial charge in [0, 0.05) is 11.5 Å². The monoisotopic (exact) mass is 206 g/mol. The van der Waals surface area contributed by atoms with Gasteiger partial charge in [0.05, 0.1) is 0 Å². The first kappa shape index (κ1) is 11.5. The summed E-state index contributed by atoms with van der Waals surface area (Å²) in [7, 11) is 5.51. The Morgan fingerprint density at radius 3 is 1.64 bits per heavy atom. The number of rotatable bonds is 6. The summed E-state index contributed by atoms with van der Waals surface area (Å²) in [5.74, 6) is 2.10. The zero-order valence-electron chi connectivity index (χ0n) is 7.05. The van der Waals surface area contributed by atoms with Gasteiger partial charge < -0.3 is 0 Å². The minimum absolute atomic E-state index is 1.05. The fourth-order valence-corrected chi connectivity index (χ4v) is 4.03. The van der Waals surface area contributed by atoms with E-state index < -0.39 is 0 Å². The van der Waals surface area contributed by atoms with Crippen molar-refractivity contribution in [2.24, 2.45) is 0 Å². The van der Waals surface area contributed by atoms with Crippen molar-refractivity contribution < 1.29 is 0 Å². The average Bonchev–Trinajstić information content (AvgIpc) is 1.85. The molecular weight excluding hydrogens is 192 g/mol. The fraction of sp³-hybridized carbons (Fsp3) is 0.500. The third-order valence-corrected chi connectivity index (χ3v) is 5.14. The molecule has 0 aromatic rings. The summed E-state index contributed by atoms with van der Waals surface area (Å²) < 4.78 is 0. The minimum Gasteiger partial charge on any atom is -0.0993 e. The Labute approximate surface area is 81.1 Å². The first-order valence-corrected chi connectivity index (χ1v) is 7.15. The van der Waals surface area contributed by atoms with E-state index in [0.717, 1.165) is 11.5 Å². The van der Waals surface area contributed by atoms with Crippen LogP contribution in [0.25, 0.3) is 0 Å². The molecule has 0 aliphatic heterocycles. The largest absolute Gasteiger partial charge is 0.0993 e. The van der Waals surface area contributed by atoms with Gasteiger partial charge in [-0.1, -0.05) is 45.9 Å². The van der Waals surface area contributed by atoms with E-state index in [1.54, 1.807) is 0 Å². The summed E-state index contributed by atoms with van der Waals surface area (Å²) in [6.07, 6.45) is 0. The van der Waals surface area contributed by atoms with Gasteiger partial charge in [-0.2, -0.15) is 0 Å². The summed E-state index contributed by atoms with van der Waals surface area (Å²) in [6, 6.07) is 0. The van der Waals surface area contributed by atoms with Crippen LogP contribution in [0.1, 0.15) is 13.8 Å². The third-order valence-electron chi connectivity index (χ3n) is 0.707. The Morgan fingerprint density at radius 1 is 1.00 bits per heavy atom. The molecule has 0 fully saturated rings. The molecule has 0 saturated heterocycles. The zero-order valence-corrected chi connectivity index (χ0v) is 9.50. The van der Waals surface area contributed by atoms with E-state index in [1.807, 2.05) is 31.4 Å². The van der Waals surface area contributed by atoms with Crippen LogP contribution in [0.2, 0.25) is 0 Å². The maximum atomic E-state index is 3.83. The van der Waals surface area contributed by atoms with Crippen molar-refractivity contribution in [3.05, 3.63) is 24.3 Å². The van der Waals surface area contributed by atoms with Crippen LogP contribution in [-0.4, -0.2) is 11.5 Å². The number of hydrogen-bond donors (Lipinski definition) is 0. The topological polar surface area (TPSA) is 0 Å². The molecule has 0 aromatic heterocycles. The zero-order chi connectivity index (χ0) is 8.69. The molecule has 0 aliphatic carbocycles. The lowest BCUT2D eigenvalue weighted by Crippen LogP contribution is -1.75. The molecule has 0 amide bonds. The van der Waals surface area contributed by atoms with Crippen LogP contribution in [0.3, 0.4) is 0 Å². The summed E-state index contributed by atoms with van der Waals surface area (Å²) in [6.45, 7) is 11.8. The van der Waals surface area contributed by atoms with Crippen molar-refractivity contribution in [2.75, 3.05) is 11.5 Å². The second-order valence-corrected chi connectivity index (χ2v) is 6.74. The second-order valence-electron chi connectivity index (χ2n) is 2.51. The lowest BCUT2D eigenvalue weighted by Gasteiger charge is -1.98. The van der Waals surface area contributed by atoms with Gasteiger partial charge in [0.2, 0.25) is 0 Å². The lowest BCUT2D eigenvalue weighted by atomic mass is 10.4. The Kier molecular flexibility index (Phi) is 7.54. The van der Waals surface area contributed by atoms with E-state index in [-0.39, 0.29) is 0 Å². The van der Waals surface area contributed by atoms with Crippen molar-refractivity contribution >= 4 is 31.4 Å². The van der Waals surface area contributed by atoms with E-state index in [9.17, 15) is 0 Å². The minimum atomic E-state index is 1.05. The highest BCUT2D eigenvalue weighted by Crippen LogP contribution is 2.35. The molecule has 64 valence electrons. The molecule has 3 heteroatoms. The van der Waals surface area contributed by atoms with Crippen molar-refractivity contribution in [2.45, 2.75) is 13.8 Å². The SMILES string of the molecule is C=C(C)CSSSCC(=C)C. The predicted octanol–water partition coefficient (Wildman–Crippen LogP) is 4.17. The van der Waals surface area contributed by atoms with E-state index in [4.69, 9.17) is 0 Å². The molecule has 11 heavy (non-hydrogen) atoms. The van der Waals surface area contributed by atoms with Gasteiger partial charge >= 0.3 is 0 Å². The van der Waals surface area contributed by atoms with Crippen molar-refractivity contribution in [1.82, 2.24) is 0 Å². The summed E-state index contributed by atoms with van der Waals surface area (Å²) in [4.78, 5) is 0. The van der Waals surface area contributed by atoms with Crippen LogP contribution >= 0.6 is 31.4 Å². The molecule has 0 saturated carbocycles. The van der Waals surface area contributed by atoms with Crippen molar-refractivity contribution in [1.29, 1.82) is 0 Å². The van der Waals surface area contributed by atoms with Gasteiger partial charge in [0.1, 0.15) is 0 Å². The van der Waals surface area contributed by atoms with Gasteiger partial charge in [-0.3, -0.25) is 0 Å². The molecule has 0 rings (SSSR count). The van der Waals surface area contributed by atoms with Crippen LogP contribution in [0, 0.1) is 0 Å². The fourth-order valence-electron chi connectivity index (χ4n) is 0.283. The molecule has 0 unspecified atom stereocenters. The van der Waals surface area contributed by atoms with E-state index in [2.05, 4.69) is 27.0 Å². The quantitative estimate of drug-likeness (QED) is 0.364. The molecule has 0 radical (unpaired) electrons. The highest BCUT2D eigenvalue weighted by atomic mass is 33.5. The molecular formula is C8H14S3. The van der Waals surface area contributed by atoms with Crippen LogP contribution in [0.5, 0.6) is 0 Å². The average molecular weight is 206 g/mol. The lowest BCUT2D eigenvalue weighted by molar-refractivity contribution is 1.45. The van der Waals surface area contributed by atoms with Crippen LogP contribution in [0.15, 0.2) is 24.3 Å². The molecule has 0 heterocycles. The Hall–Kier alpha value is 0.530. The third kappa shape index (κ3) is 10.5. The van der Waals surface area contributed by atoms with Crippen molar-refractivity contribution in [3.63, 3.8) is 0 Å².